The summed E-state index contributed by atoms with van der Waals surface area (Å²) >= 11 is 3.63. The fraction of sp³-hybridized carbons (Fsp3) is 0.273. The van der Waals surface area contributed by atoms with Gasteiger partial charge in [-0.1, -0.05) is 12.1 Å². The molecule has 2 aromatic heterocycles. The second-order valence-electron chi connectivity index (χ2n) is 7.51. The highest BCUT2D eigenvalue weighted by atomic mass is 79.9. The van der Waals surface area contributed by atoms with E-state index >= 15 is 0 Å². The molecule has 0 fully saturated rings. The van der Waals surface area contributed by atoms with Gasteiger partial charge in [0, 0.05) is 30.9 Å². The number of hydrogen-bond acceptors (Lipinski definition) is 5. The van der Waals surface area contributed by atoms with Crippen LogP contribution in [0.25, 0.3) is 16.9 Å². The summed E-state index contributed by atoms with van der Waals surface area (Å²) in [7, 11) is 3.50. The molecule has 0 saturated carbocycles. The van der Waals surface area contributed by atoms with Crippen molar-refractivity contribution in [3.8, 4) is 22.7 Å². The molecule has 160 valence electrons. The summed E-state index contributed by atoms with van der Waals surface area (Å²) in [5.74, 6) is 0.772. The van der Waals surface area contributed by atoms with Gasteiger partial charge < -0.3 is 4.74 Å². The van der Waals surface area contributed by atoms with E-state index in [1.54, 1.807) is 7.05 Å². The first kappa shape index (κ1) is 21.0. The summed E-state index contributed by atoms with van der Waals surface area (Å²) in [6.07, 6.45) is 0. The van der Waals surface area contributed by atoms with Gasteiger partial charge in [-0.3, -0.25) is 4.68 Å². The largest absolute Gasteiger partial charge is 0.489 e. The van der Waals surface area contributed by atoms with Crippen LogP contribution in [0.2, 0.25) is 0 Å². The molecule has 4 rings (SSSR count). The van der Waals surface area contributed by atoms with E-state index in [-0.39, 0.29) is 5.69 Å². The van der Waals surface area contributed by atoms with Crippen LogP contribution in [0, 0.1) is 20.8 Å². The quantitative estimate of drug-likeness (QED) is 0.433. The predicted molar refractivity (Wildman–Crippen MR) is 121 cm³/mol. The summed E-state index contributed by atoms with van der Waals surface area (Å²) in [5, 5.41) is 12.4. The van der Waals surface area contributed by atoms with Gasteiger partial charge in [-0.2, -0.15) is 14.5 Å². The van der Waals surface area contributed by atoms with Gasteiger partial charge in [-0.15, -0.1) is 0 Å². The standard InChI is InChI=1S/C22H23BrN6O2/c1-13-7-6-8-18(29-22(30)28(5)25-26-29)17(13)12-31-19-10-9-16(11-14(19)2)21-20(23)15(3)27(4)24-21/h6-11H,12H2,1-5H3. The van der Waals surface area contributed by atoms with Crippen LogP contribution in [0.15, 0.2) is 45.7 Å². The fourth-order valence-corrected chi connectivity index (χ4v) is 3.98. The second-order valence-corrected chi connectivity index (χ2v) is 8.30. The lowest BCUT2D eigenvalue weighted by Crippen LogP contribution is -2.23. The van der Waals surface area contributed by atoms with Crippen LogP contribution in [-0.2, 0) is 20.7 Å². The number of ether oxygens (including phenoxy) is 1. The lowest BCUT2D eigenvalue weighted by Gasteiger charge is -2.14. The van der Waals surface area contributed by atoms with Crippen LogP contribution < -0.4 is 10.4 Å². The van der Waals surface area contributed by atoms with Crippen LogP contribution in [0.4, 0.5) is 0 Å². The third-order valence-corrected chi connectivity index (χ3v) is 6.37. The molecule has 2 heterocycles. The first-order chi connectivity index (χ1) is 14.8. The van der Waals surface area contributed by atoms with Crippen molar-refractivity contribution in [3.63, 3.8) is 0 Å². The third kappa shape index (κ3) is 3.81. The van der Waals surface area contributed by atoms with E-state index in [1.807, 2.05) is 62.8 Å². The molecule has 0 spiro atoms. The van der Waals surface area contributed by atoms with Crippen molar-refractivity contribution in [3.05, 3.63) is 73.7 Å². The molecular formula is C22H23BrN6O2. The average Bonchev–Trinajstić information content (AvgIpc) is 3.21. The molecule has 0 saturated heterocycles. The molecule has 31 heavy (non-hydrogen) atoms. The van der Waals surface area contributed by atoms with Gasteiger partial charge in [0.1, 0.15) is 18.1 Å². The Hall–Kier alpha value is -3.20. The molecule has 0 bridgehead atoms. The van der Waals surface area contributed by atoms with Gasteiger partial charge >= 0.3 is 5.69 Å². The Morgan fingerprint density at radius 1 is 1.00 bits per heavy atom. The molecule has 8 nitrogen and oxygen atoms in total. The Labute approximate surface area is 188 Å². The molecule has 4 aromatic rings. The van der Waals surface area contributed by atoms with Gasteiger partial charge in [0.2, 0.25) is 0 Å². The van der Waals surface area contributed by atoms with Gasteiger partial charge in [0.05, 0.1) is 10.2 Å². The first-order valence-electron chi connectivity index (χ1n) is 9.78. The van der Waals surface area contributed by atoms with E-state index in [0.29, 0.717) is 12.3 Å². The topological polar surface area (TPSA) is 79.8 Å². The van der Waals surface area contributed by atoms with E-state index in [2.05, 4.69) is 37.5 Å². The summed E-state index contributed by atoms with van der Waals surface area (Å²) < 4.78 is 11.5. The normalized spacial score (nSPS) is 11.2. The average molecular weight is 483 g/mol. The van der Waals surface area contributed by atoms with E-state index < -0.39 is 0 Å². The minimum atomic E-state index is -0.302. The second kappa shape index (κ2) is 8.14. The minimum absolute atomic E-state index is 0.302. The van der Waals surface area contributed by atoms with Crippen molar-refractivity contribution in [2.45, 2.75) is 27.4 Å². The van der Waals surface area contributed by atoms with Gasteiger partial charge in [-0.05, 0) is 82.5 Å². The first-order valence-corrected chi connectivity index (χ1v) is 10.6. The van der Waals surface area contributed by atoms with Crippen LogP contribution in [0.1, 0.15) is 22.4 Å². The maximum Gasteiger partial charge on any atom is 0.368 e. The number of benzene rings is 2. The van der Waals surface area contributed by atoms with E-state index in [4.69, 9.17) is 4.74 Å². The lowest BCUT2D eigenvalue weighted by molar-refractivity contribution is 0.302. The number of halogens is 1. The van der Waals surface area contributed by atoms with Crippen molar-refractivity contribution in [1.29, 1.82) is 0 Å². The van der Waals surface area contributed by atoms with Crippen LogP contribution in [-0.4, -0.2) is 29.6 Å². The van der Waals surface area contributed by atoms with Crippen LogP contribution in [0.5, 0.6) is 5.75 Å². The zero-order valence-electron chi connectivity index (χ0n) is 18.0. The van der Waals surface area contributed by atoms with E-state index in [1.165, 1.54) is 9.36 Å². The molecule has 0 aliphatic heterocycles. The maximum absolute atomic E-state index is 12.3. The van der Waals surface area contributed by atoms with Crippen molar-refractivity contribution in [1.82, 2.24) is 29.6 Å². The van der Waals surface area contributed by atoms with Crippen molar-refractivity contribution in [2.24, 2.45) is 14.1 Å². The molecule has 0 aliphatic carbocycles. The van der Waals surface area contributed by atoms with Crippen molar-refractivity contribution >= 4 is 15.9 Å². The zero-order valence-corrected chi connectivity index (χ0v) is 19.6. The van der Waals surface area contributed by atoms with Crippen LogP contribution in [0.3, 0.4) is 0 Å². The highest BCUT2D eigenvalue weighted by Crippen LogP contribution is 2.32. The maximum atomic E-state index is 12.3. The third-order valence-electron chi connectivity index (χ3n) is 5.42. The molecule has 0 atom stereocenters. The Bertz CT molecular complexity index is 1330. The number of nitrogens with zero attached hydrogens (tertiary/aromatic N) is 6. The number of tetrazole rings is 1. The van der Waals surface area contributed by atoms with Gasteiger partial charge in [0.15, 0.2) is 0 Å². The van der Waals surface area contributed by atoms with Crippen molar-refractivity contribution in [2.75, 3.05) is 0 Å². The molecular weight excluding hydrogens is 460 g/mol. The summed E-state index contributed by atoms with van der Waals surface area (Å²) in [5.41, 5.74) is 6.25. The molecule has 0 aliphatic rings. The number of hydrogen-bond donors (Lipinski definition) is 0. The summed E-state index contributed by atoms with van der Waals surface area (Å²) in [6.45, 7) is 6.32. The predicted octanol–water partition coefficient (Wildman–Crippen LogP) is 3.63. The Kier molecular flexibility index (Phi) is 5.53. The van der Waals surface area contributed by atoms with Crippen molar-refractivity contribution < 1.29 is 4.74 Å². The summed E-state index contributed by atoms with van der Waals surface area (Å²) in [4.78, 5) is 12.3. The molecule has 0 N–H and O–H groups in total. The Morgan fingerprint density at radius 3 is 2.39 bits per heavy atom. The lowest BCUT2D eigenvalue weighted by atomic mass is 10.1. The number of rotatable bonds is 5. The SMILES string of the molecule is Cc1cc(-c2nn(C)c(C)c2Br)ccc1OCc1c(C)cccc1-n1nnn(C)c1=O. The van der Waals surface area contributed by atoms with Gasteiger partial charge in [0.25, 0.3) is 0 Å². The molecule has 0 unspecified atom stereocenters. The Morgan fingerprint density at radius 2 is 1.77 bits per heavy atom. The monoisotopic (exact) mass is 482 g/mol. The molecule has 0 amide bonds. The number of aryl methyl sites for hydroxylation is 4. The van der Waals surface area contributed by atoms with E-state index in [9.17, 15) is 4.79 Å². The highest BCUT2D eigenvalue weighted by Gasteiger charge is 2.16. The smallest absolute Gasteiger partial charge is 0.368 e. The summed E-state index contributed by atoms with van der Waals surface area (Å²) in [6, 6.07) is 11.7. The van der Waals surface area contributed by atoms with Gasteiger partial charge in [-0.25, -0.2) is 4.79 Å². The zero-order chi connectivity index (χ0) is 22.3. The Balaban J connectivity index is 1.63. The number of aromatic nitrogens is 6. The van der Waals surface area contributed by atoms with Crippen LogP contribution >= 0.6 is 15.9 Å². The van der Waals surface area contributed by atoms with E-state index in [0.717, 1.165) is 43.9 Å². The molecule has 9 heteroatoms. The highest BCUT2D eigenvalue weighted by molar-refractivity contribution is 9.10. The molecule has 2 aromatic carbocycles. The molecule has 0 radical (unpaired) electrons. The minimum Gasteiger partial charge on any atom is -0.489 e. The fourth-order valence-electron chi connectivity index (χ4n) is 3.41.